The monoisotopic (exact) mass is 197 g/mol. The van der Waals surface area contributed by atoms with Gasteiger partial charge in [-0.3, -0.25) is 0 Å². The molecule has 0 heterocycles. The molecule has 1 unspecified atom stereocenters. The summed E-state index contributed by atoms with van der Waals surface area (Å²) in [6, 6.07) is 1.53. The first-order chi connectivity index (χ1) is 6.77. The van der Waals surface area contributed by atoms with Crippen LogP contribution in [0, 0.1) is 5.92 Å². The van der Waals surface area contributed by atoms with Crippen LogP contribution in [-0.2, 0) is 0 Å². The van der Waals surface area contributed by atoms with Crippen LogP contribution in [-0.4, -0.2) is 12.1 Å². The molecule has 1 N–H and O–H groups in total. The summed E-state index contributed by atoms with van der Waals surface area (Å²) < 4.78 is 0. The highest BCUT2D eigenvalue weighted by atomic mass is 14.9. The molecular weight excluding hydrogens is 170 g/mol. The van der Waals surface area contributed by atoms with Crippen LogP contribution in [0.25, 0.3) is 0 Å². The van der Waals surface area contributed by atoms with Crippen molar-refractivity contribution in [3.63, 3.8) is 0 Å². The maximum absolute atomic E-state index is 3.82. The lowest BCUT2D eigenvalue weighted by Gasteiger charge is -2.30. The van der Waals surface area contributed by atoms with Crippen LogP contribution >= 0.6 is 0 Å². The van der Waals surface area contributed by atoms with Gasteiger partial charge in [0.15, 0.2) is 0 Å². The van der Waals surface area contributed by atoms with E-state index in [-0.39, 0.29) is 0 Å². The number of hydrogen-bond donors (Lipinski definition) is 1. The van der Waals surface area contributed by atoms with Crippen LogP contribution in [0.5, 0.6) is 0 Å². The Hall–Kier alpha value is -0.0400. The van der Waals surface area contributed by atoms with E-state index < -0.39 is 0 Å². The minimum absolute atomic E-state index is 0.716. The van der Waals surface area contributed by atoms with Gasteiger partial charge in [0.25, 0.3) is 0 Å². The molecule has 1 rings (SSSR count). The van der Waals surface area contributed by atoms with Gasteiger partial charge in [-0.2, -0.15) is 0 Å². The topological polar surface area (TPSA) is 12.0 Å². The van der Waals surface area contributed by atoms with Gasteiger partial charge in [0, 0.05) is 12.1 Å². The van der Waals surface area contributed by atoms with Crippen molar-refractivity contribution in [2.24, 2.45) is 5.92 Å². The number of rotatable bonds is 5. The zero-order chi connectivity index (χ0) is 10.4. The average Bonchev–Trinajstić information content (AvgIpc) is 2.21. The number of nitrogens with one attached hydrogen (secondary N) is 1. The van der Waals surface area contributed by atoms with E-state index in [1.54, 1.807) is 0 Å². The first-order valence-electron chi connectivity index (χ1n) is 6.54. The Morgan fingerprint density at radius 1 is 1.07 bits per heavy atom. The lowest BCUT2D eigenvalue weighted by molar-refractivity contribution is 0.281. The van der Waals surface area contributed by atoms with Crippen molar-refractivity contribution in [3.05, 3.63) is 0 Å². The summed E-state index contributed by atoms with van der Waals surface area (Å²) in [5.74, 6) is 0.872. The first-order valence-corrected chi connectivity index (χ1v) is 6.54. The highest BCUT2D eigenvalue weighted by Gasteiger charge is 2.19. The van der Waals surface area contributed by atoms with Crippen molar-refractivity contribution in [1.29, 1.82) is 0 Å². The van der Waals surface area contributed by atoms with E-state index in [0.717, 1.165) is 12.0 Å². The van der Waals surface area contributed by atoms with E-state index in [2.05, 4.69) is 26.1 Å². The zero-order valence-corrected chi connectivity index (χ0v) is 10.2. The van der Waals surface area contributed by atoms with Gasteiger partial charge in [-0.05, 0) is 25.7 Å². The Balaban J connectivity index is 2.26. The number of hydrogen-bond acceptors (Lipinski definition) is 1. The van der Waals surface area contributed by atoms with Crippen LogP contribution in [0.15, 0.2) is 0 Å². The summed E-state index contributed by atoms with van der Waals surface area (Å²) in [4.78, 5) is 0. The summed E-state index contributed by atoms with van der Waals surface area (Å²) in [6.07, 6.45) is 9.78. The van der Waals surface area contributed by atoms with E-state index in [0.29, 0.717) is 6.04 Å². The standard InChI is InChI=1S/C13H27N/c1-4-12(5-2)11(3)14-13-9-7-6-8-10-13/h11-14H,4-10H2,1-3H3. The lowest BCUT2D eigenvalue weighted by atomic mass is 9.91. The molecule has 1 aliphatic carbocycles. The third-order valence-electron chi connectivity index (χ3n) is 3.86. The Morgan fingerprint density at radius 3 is 2.14 bits per heavy atom. The van der Waals surface area contributed by atoms with E-state index in [1.165, 1.54) is 44.9 Å². The molecule has 0 aliphatic heterocycles. The van der Waals surface area contributed by atoms with Gasteiger partial charge in [-0.25, -0.2) is 0 Å². The molecule has 0 aromatic rings. The fourth-order valence-electron chi connectivity index (χ4n) is 2.77. The normalized spacial score (nSPS) is 21.4. The van der Waals surface area contributed by atoms with E-state index >= 15 is 0 Å². The van der Waals surface area contributed by atoms with Gasteiger partial charge in [0.2, 0.25) is 0 Å². The molecule has 14 heavy (non-hydrogen) atoms. The summed E-state index contributed by atoms with van der Waals surface area (Å²) in [5.41, 5.74) is 0. The van der Waals surface area contributed by atoms with Crippen LogP contribution in [0.1, 0.15) is 65.7 Å². The zero-order valence-electron chi connectivity index (χ0n) is 10.2. The van der Waals surface area contributed by atoms with Crippen LogP contribution < -0.4 is 5.32 Å². The van der Waals surface area contributed by atoms with Gasteiger partial charge in [0.1, 0.15) is 0 Å². The van der Waals surface area contributed by atoms with E-state index in [4.69, 9.17) is 0 Å². The molecule has 1 fully saturated rings. The van der Waals surface area contributed by atoms with Gasteiger partial charge in [-0.15, -0.1) is 0 Å². The molecule has 1 atom stereocenters. The van der Waals surface area contributed by atoms with Crippen LogP contribution in [0.4, 0.5) is 0 Å². The van der Waals surface area contributed by atoms with Gasteiger partial charge < -0.3 is 5.32 Å². The molecule has 84 valence electrons. The molecule has 0 bridgehead atoms. The fraction of sp³-hybridized carbons (Fsp3) is 1.00. The predicted octanol–water partition coefficient (Wildman–Crippen LogP) is 3.73. The summed E-state index contributed by atoms with van der Waals surface area (Å²) >= 11 is 0. The molecule has 0 amide bonds. The third kappa shape index (κ3) is 3.61. The molecule has 1 saturated carbocycles. The highest BCUT2D eigenvalue weighted by Crippen LogP contribution is 2.20. The first kappa shape index (κ1) is 12.0. The Labute approximate surface area is 89.7 Å². The van der Waals surface area contributed by atoms with Crippen molar-refractivity contribution in [2.45, 2.75) is 77.8 Å². The van der Waals surface area contributed by atoms with Crippen molar-refractivity contribution in [2.75, 3.05) is 0 Å². The maximum Gasteiger partial charge on any atom is 0.00696 e. The molecule has 1 heteroatoms. The quantitative estimate of drug-likeness (QED) is 0.708. The van der Waals surface area contributed by atoms with E-state index in [1.807, 2.05) is 0 Å². The predicted molar refractivity (Wildman–Crippen MR) is 63.5 cm³/mol. The minimum atomic E-state index is 0.716. The molecule has 0 spiro atoms. The second-order valence-corrected chi connectivity index (χ2v) is 4.87. The second kappa shape index (κ2) is 6.44. The van der Waals surface area contributed by atoms with Crippen LogP contribution in [0.3, 0.4) is 0 Å². The smallest absolute Gasteiger partial charge is 0.00696 e. The SMILES string of the molecule is CCC(CC)C(C)NC1CCCCC1. The van der Waals surface area contributed by atoms with Gasteiger partial charge in [0.05, 0.1) is 0 Å². The molecule has 0 aromatic heterocycles. The maximum atomic E-state index is 3.82. The highest BCUT2D eigenvalue weighted by molar-refractivity contribution is 4.78. The second-order valence-electron chi connectivity index (χ2n) is 4.87. The summed E-state index contributed by atoms with van der Waals surface area (Å²) in [5, 5.41) is 3.82. The van der Waals surface area contributed by atoms with Crippen molar-refractivity contribution in [3.8, 4) is 0 Å². The van der Waals surface area contributed by atoms with Crippen molar-refractivity contribution in [1.82, 2.24) is 5.32 Å². The lowest BCUT2D eigenvalue weighted by Crippen LogP contribution is -2.41. The Morgan fingerprint density at radius 2 is 1.64 bits per heavy atom. The Kier molecular flexibility index (Phi) is 5.54. The summed E-state index contributed by atoms with van der Waals surface area (Å²) in [6.45, 7) is 6.99. The molecule has 1 nitrogen and oxygen atoms in total. The molecule has 0 radical (unpaired) electrons. The Bertz CT molecular complexity index is 134. The third-order valence-corrected chi connectivity index (χ3v) is 3.86. The average molecular weight is 197 g/mol. The molecule has 1 aliphatic rings. The molecule has 0 aromatic carbocycles. The van der Waals surface area contributed by atoms with Crippen LogP contribution in [0.2, 0.25) is 0 Å². The summed E-state index contributed by atoms with van der Waals surface area (Å²) in [7, 11) is 0. The van der Waals surface area contributed by atoms with Crippen molar-refractivity contribution >= 4 is 0 Å². The minimum Gasteiger partial charge on any atom is -0.311 e. The van der Waals surface area contributed by atoms with E-state index in [9.17, 15) is 0 Å². The van der Waals surface area contributed by atoms with Gasteiger partial charge >= 0.3 is 0 Å². The largest absolute Gasteiger partial charge is 0.311 e. The van der Waals surface area contributed by atoms with Crippen molar-refractivity contribution < 1.29 is 0 Å². The molecular formula is C13H27N. The molecule has 0 saturated heterocycles. The fourth-order valence-corrected chi connectivity index (χ4v) is 2.77. The van der Waals surface area contributed by atoms with Gasteiger partial charge in [-0.1, -0.05) is 46.0 Å².